The summed E-state index contributed by atoms with van der Waals surface area (Å²) in [5, 5.41) is 1.32. The van der Waals surface area contributed by atoms with Gasteiger partial charge in [0.25, 0.3) is 0 Å². The van der Waals surface area contributed by atoms with Crippen LogP contribution in [0.5, 0.6) is 0 Å². The summed E-state index contributed by atoms with van der Waals surface area (Å²) in [4.78, 5) is 17.6. The Morgan fingerprint density at radius 1 is 1.24 bits per heavy atom. The number of ether oxygens (including phenoxy) is 2. The molecular weight excluding hydrogens is 408 g/mol. The first kappa shape index (κ1) is 19.5. The SMILES string of the molecule is CCOC(=O)C1=C(C)OC(N)=C(c2nc3ccccc3s2)[C@H]1c1ccc(Cl)cc1. The molecule has 29 heavy (non-hydrogen) atoms. The minimum absolute atomic E-state index is 0.231. The Morgan fingerprint density at radius 2 is 1.97 bits per heavy atom. The second-order valence-electron chi connectivity index (χ2n) is 6.54. The highest BCUT2D eigenvalue weighted by Crippen LogP contribution is 2.46. The molecule has 1 aromatic heterocycles. The summed E-state index contributed by atoms with van der Waals surface area (Å²) in [6.07, 6.45) is 0. The van der Waals surface area contributed by atoms with Gasteiger partial charge in [-0.2, -0.15) is 0 Å². The van der Waals surface area contributed by atoms with Crippen LogP contribution in [-0.4, -0.2) is 17.6 Å². The second kappa shape index (κ2) is 7.89. The molecule has 148 valence electrons. The van der Waals surface area contributed by atoms with E-state index in [2.05, 4.69) is 0 Å². The number of benzene rings is 2. The average molecular weight is 427 g/mol. The third-order valence-electron chi connectivity index (χ3n) is 4.71. The van der Waals surface area contributed by atoms with Gasteiger partial charge in [-0.3, -0.25) is 0 Å². The number of para-hydroxylation sites is 1. The largest absolute Gasteiger partial charge is 0.463 e. The first-order valence-electron chi connectivity index (χ1n) is 9.16. The summed E-state index contributed by atoms with van der Waals surface area (Å²) in [5.41, 5.74) is 9.12. The van der Waals surface area contributed by atoms with Crippen LogP contribution in [0.25, 0.3) is 15.8 Å². The first-order valence-corrected chi connectivity index (χ1v) is 10.4. The zero-order valence-electron chi connectivity index (χ0n) is 15.9. The van der Waals surface area contributed by atoms with Crippen LogP contribution in [0, 0.1) is 0 Å². The number of nitrogens with two attached hydrogens (primary N) is 1. The maximum Gasteiger partial charge on any atom is 0.338 e. The lowest BCUT2D eigenvalue weighted by atomic mass is 9.83. The van der Waals surface area contributed by atoms with Gasteiger partial charge in [-0.1, -0.05) is 35.9 Å². The number of fused-ring (bicyclic) bond motifs is 1. The van der Waals surface area contributed by atoms with Crippen molar-refractivity contribution in [3.63, 3.8) is 0 Å². The molecule has 5 nitrogen and oxygen atoms in total. The van der Waals surface area contributed by atoms with Crippen molar-refractivity contribution in [2.45, 2.75) is 19.8 Å². The molecule has 1 aliphatic rings. The number of thiazole rings is 1. The van der Waals surface area contributed by atoms with Crippen molar-refractivity contribution in [3.8, 4) is 0 Å². The summed E-state index contributed by atoms with van der Waals surface area (Å²) in [6.45, 7) is 3.75. The van der Waals surface area contributed by atoms with Gasteiger partial charge in [-0.25, -0.2) is 9.78 Å². The van der Waals surface area contributed by atoms with Gasteiger partial charge < -0.3 is 15.2 Å². The highest BCUT2D eigenvalue weighted by Gasteiger charge is 2.38. The summed E-state index contributed by atoms with van der Waals surface area (Å²) in [6, 6.07) is 15.2. The van der Waals surface area contributed by atoms with Crippen LogP contribution in [0.4, 0.5) is 0 Å². The number of allylic oxidation sites excluding steroid dienone is 2. The third kappa shape index (κ3) is 3.61. The van der Waals surface area contributed by atoms with Gasteiger partial charge in [0.1, 0.15) is 10.8 Å². The molecule has 1 aliphatic heterocycles. The number of nitrogens with zero attached hydrogens (tertiary/aromatic N) is 1. The number of halogens is 1. The van der Waals surface area contributed by atoms with E-state index in [-0.39, 0.29) is 12.5 Å². The topological polar surface area (TPSA) is 74.4 Å². The zero-order chi connectivity index (χ0) is 20.5. The predicted molar refractivity (Wildman–Crippen MR) is 115 cm³/mol. The molecule has 4 rings (SSSR count). The lowest BCUT2D eigenvalue weighted by Gasteiger charge is -2.29. The van der Waals surface area contributed by atoms with E-state index in [1.54, 1.807) is 26.0 Å². The summed E-state index contributed by atoms with van der Waals surface area (Å²) >= 11 is 7.60. The molecule has 1 atom stereocenters. The molecule has 2 N–H and O–H groups in total. The molecule has 2 heterocycles. The number of carbonyl (C=O) groups excluding carboxylic acids is 1. The molecule has 2 aromatic carbocycles. The Morgan fingerprint density at radius 3 is 2.66 bits per heavy atom. The number of carbonyl (C=O) groups is 1. The van der Waals surface area contributed by atoms with E-state index >= 15 is 0 Å². The normalized spacial score (nSPS) is 16.9. The van der Waals surface area contributed by atoms with Crippen LogP contribution in [0.1, 0.15) is 30.3 Å². The Labute approximate surface area is 177 Å². The lowest BCUT2D eigenvalue weighted by molar-refractivity contribution is -0.139. The van der Waals surface area contributed by atoms with E-state index in [1.807, 2.05) is 36.4 Å². The number of aromatic nitrogens is 1. The Balaban J connectivity index is 1.92. The smallest absolute Gasteiger partial charge is 0.338 e. The third-order valence-corrected chi connectivity index (χ3v) is 6.03. The number of hydrogen-bond acceptors (Lipinski definition) is 6. The van der Waals surface area contributed by atoms with E-state index in [0.717, 1.165) is 15.8 Å². The van der Waals surface area contributed by atoms with Gasteiger partial charge in [0, 0.05) is 5.02 Å². The van der Waals surface area contributed by atoms with Crippen molar-refractivity contribution in [3.05, 3.63) is 81.3 Å². The maximum absolute atomic E-state index is 12.8. The monoisotopic (exact) mass is 426 g/mol. The van der Waals surface area contributed by atoms with Crippen LogP contribution >= 0.6 is 22.9 Å². The quantitative estimate of drug-likeness (QED) is 0.578. The highest BCUT2D eigenvalue weighted by atomic mass is 35.5. The van der Waals surface area contributed by atoms with Crippen molar-refractivity contribution in [1.29, 1.82) is 0 Å². The van der Waals surface area contributed by atoms with Crippen LogP contribution in [-0.2, 0) is 14.3 Å². The molecule has 7 heteroatoms. The molecule has 0 spiro atoms. The van der Waals surface area contributed by atoms with E-state index in [0.29, 0.717) is 26.9 Å². The summed E-state index contributed by atoms with van der Waals surface area (Å²) in [7, 11) is 0. The minimum atomic E-state index is -0.472. The number of hydrogen-bond donors (Lipinski definition) is 1. The van der Waals surface area contributed by atoms with Gasteiger partial charge in [-0.05, 0) is 43.7 Å². The van der Waals surface area contributed by atoms with Gasteiger partial charge in [0.15, 0.2) is 5.88 Å². The predicted octanol–water partition coefficient (Wildman–Crippen LogP) is 5.23. The average Bonchev–Trinajstić information content (AvgIpc) is 3.11. The molecule has 0 aliphatic carbocycles. The fraction of sp³-hybridized carbons (Fsp3) is 0.182. The molecule has 0 bridgehead atoms. The standard InChI is InChI=1S/C22H19ClN2O3S/c1-3-27-22(26)17-12(2)28-20(24)19(18(17)13-8-10-14(23)11-9-13)21-25-15-6-4-5-7-16(15)29-21/h4-11,18H,3,24H2,1-2H3/t18-/m0/s1. The molecule has 0 fully saturated rings. The van der Waals surface area contributed by atoms with Gasteiger partial charge in [-0.15, -0.1) is 11.3 Å². The Hall–Kier alpha value is -2.83. The number of rotatable bonds is 4. The van der Waals surface area contributed by atoms with Crippen molar-refractivity contribution < 1.29 is 14.3 Å². The zero-order valence-corrected chi connectivity index (χ0v) is 17.5. The van der Waals surface area contributed by atoms with Crippen LogP contribution in [0.2, 0.25) is 5.02 Å². The maximum atomic E-state index is 12.8. The molecule has 0 saturated heterocycles. The summed E-state index contributed by atoms with van der Waals surface area (Å²) in [5.74, 6) is -0.253. The van der Waals surface area contributed by atoms with Crippen LogP contribution in [0.3, 0.4) is 0 Å². The van der Waals surface area contributed by atoms with Crippen molar-refractivity contribution in [1.82, 2.24) is 4.98 Å². The molecule has 0 radical (unpaired) electrons. The van der Waals surface area contributed by atoms with Gasteiger partial charge in [0.2, 0.25) is 0 Å². The second-order valence-corrected chi connectivity index (χ2v) is 8.01. The van der Waals surface area contributed by atoms with Gasteiger partial charge in [0.05, 0.1) is 33.9 Å². The molecule has 3 aromatic rings. The summed E-state index contributed by atoms with van der Waals surface area (Å²) < 4.78 is 12.1. The lowest BCUT2D eigenvalue weighted by Crippen LogP contribution is -2.25. The van der Waals surface area contributed by atoms with E-state index in [9.17, 15) is 4.79 Å². The highest BCUT2D eigenvalue weighted by molar-refractivity contribution is 7.19. The van der Waals surface area contributed by atoms with Gasteiger partial charge >= 0.3 is 5.97 Å². The van der Waals surface area contributed by atoms with E-state index in [1.165, 1.54) is 11.3 Å². The van der Waals surface area contributed by atoms with Crippen molar-refractivity contribution in [2.24, 2.45) is 5.73 Å². The first-order chi connectivity index (χ1) is 14.0. The molecule has 0 saturated carbocycles. The fourth-order valence-corrected chi connectivity index (χ4v) is 4.61. The molecule has 0 amide bonds. The minimum Gasteiger partial charge on any atom is -0.463 e. The van der Waals surface area contributed by atoms with Crippen LogP contribution < -0.4 is 5.73 Å². The fourth-order valence-electron chi connectivity index (χ4n) is 3.44. The van der Waals surface area contributed by atoms with E-state index in [4.69, 9.17) is 31.8 Å². The Bertz CT molecular complexity index is 1120. The number of esters is 1. The molecular formula is C22H19ClN2O3S. The van der Waals surface area contributed by atoms with Crippen molar-refractivity contribution >= 4 is 44.7 Å². The molecule has 0 unspecified atom stereocenters. The van der Waals surface area contributed by atoms with Crippen molar-refractivity contribution in [2.75, 3.05) is 6.61 Å². The van der Waals surface area contributed by atoms with E-state index < -0.39 is 11.9 Å². The van der Waals surface area contributed by atoms with Crippen LogP contribution in [0.15, 0.2) is 65.7 Å². The Kier molecular flexibility index (Phi) is 5.30.